The largest absolute Gasteiger partial charge is 0.330 e. The molecule has 80 valence electrons. The molecule has 5 N–H and O–H groups in total. The molecule has 0 unspecified atom stereocenters. The Balaban J connectivity index is 2.94. The number of nitrogens with one attached hydrogen (secondary N) is 3. The average Bonchev–Trinajstić information content (AvgIpc) is 2.62. The van der Waals surface area contributed by atoms with E-state index >= 15 is 0 Å². The number of nitrogen functional groups attached to an aromatic ring is 1. The van der Waals surface area contributed by atoms with Crippen LogP contribution < -0.4 is 22.5 Å². The van der Waals surface area contributed by atoms with Crippen LogP contribution >= 0.6 is 0 Å². The summed E-state index contributed by atoms with van der Waals surface area (Å²) in [6, 6.07) is 0. The van der Waals surface area contributed by atoms with Crippen molar-refractivity contribution >= 4 is 17.1 Å². The third-order valence-corrected chi connectivity index (χ3v) is 2.09. The minimum absolute atomic E-state index is 0.226. The van der Waals surface area contributed by atoms with Gasteiger partial charge in [-0.15, -0.1) is 0 Å². The summed E-state index contributed by atoms with van der Waals surface area (Å²) in [6.45, 7) is 2.20. The van der Waals surface area contributed by atoms with E-state index in [0.717, 1.165) is 0 Å². The normalized spacial score (nSPS) is 10.8. The van der Waals surface area contributed by atoms with Gasteiger partial charge in [0, 0.05) is 6.54 Å². The number of aromatic nitrogens is 4. The minimum atomic E-state index is -0.506. The van der Waals surface area contributed by atoms with E-state index in [1.165, 1.54) is 4.57 Å². The molecular weight excluding hydrogens is 200 g/mol. The van der Waals surface area contributed by atoms with Crippen molar-refractivity contribution in [3.63, 3.8) is 0 Å². The molecule has 8 nitrogen and oxygen atoms in total. The van der Waals surface area contributed by atoms with Crippen LogP contribution in [0, 0.1) is 0 Å². The van der Waals surface area contributed by atoms with Gasteiger partial charge in [0.1, 0.15) is 0 Å². The van der Waals surface area contributed by atoms with Crippen molar-refractivity contribution in [2.24, 2.45) is 5.84 Å². The number of aryl methyl sites for hydroxylation is 1. The van der Waals surface area contributed by atoms with E-state index in [1.54, 1.807) is 6.92 Å². The fourth-order valence-electron chi connectivity index (χ4n) is 1.40. The van der Waals surface area contributed by atoms with Crippen molar-refractivity contribution in [2.45, 2.75) is 13.5 Å². The highest BCUT2D eigenvalue weighted by Crippen LogP contribution is 2.06. The topological polar surface area (TPSA) is 122 Å². The predicted octanol–water partition coefficient (Wildman–Crippen LogP) is -1.28. The van der Waals surface area contributed by atoms with Crippen LogP contribution in [0.25, 0.3) is 11.2 Å². The number of imidazole rings is 1. The van der Waals surface area contributed by atoms with Gasteiger partial charge in [-0.1, -0.05) is 0 Å². The lowest BCUT2D eigenvalue weighted by Gasteiger charge is -1.99. The van der Waals surface area contributed by atoms with Crippen LogP contribution in [-0.2, 0) is 6.54 Å². The third-order valence-electron chi connectivity index (χ3n) is 2.09. The Kier molecular flexibility index (Phi) is 2.05. The zero-order valence-corrected chi connectivity index (χ0v) is 8.00. The number of H-pyrrole nitrogens is 2. The highest BCUT2D eigenvalue weighted by Gasteiger charge is 2.10. The summed E-state index contributed by atoms with van der Waals surface area (Å²) in [4.78, 5) is 31.6. The molecule has 0 radical (unpaired) electrons. The number of hydrazine groups is 1. The van der Waals surface area contributed by atoms with Crippen molar-refractivity contribution in [3.05, 3.63) is 20.8 Å². The van der Waals surface area contributed by atoms with Crippen LogP contribution in [-0.4, -0.2) is 19.5 Å². The number of rotatable bonds is 2. The highest BCUT2D eigenvalue weighted by atomic mass is 16.2. The lowest BCUT2D eigenvalue weighted by atomic mass is 10.5. The quantitative estimate of drug-likeness (QED) is 0.363. The molecule has 2 aromatic heterocycles. The minimum Gasteiger partial charge on any atom is -0.317 e. The lowest BCUT2D eigenvalue weighted by Crippen LogP contribution is -2.29. The van der Waals surface area contributed by atoms with Gasteiger partial charge in [-0.2, -0.15) is 4.98 Å². The smallest absolute Gasteiger partial charge is 0.317 e. The maximum Gasteiger partial charge on any atom is 0.330 e. The molecule has 2 rings (SSSR count). The third kappa shape index (κ3) is 1.31. The molecule has 0 aliphatic carbocycles. The number of fused-ring (bicyclic) bond motifs is 1. The van der Waals surface area contributed by atoms with Gasteiger partial charge in [0.25, 0.3) is 5.56 Å². The first-order valence-corrected chi connectivity index (χ1v) is 4.36. The maximum absolute atomic E-state index is 11.4. The van der Waals surface area contributed by atoms with Gasteiger partial charge < -0.3 is 4.98 Å². The summed E-state index contributed by atoms with van der Waals surface area (Å²) in [5, 5.41) is 0. The molecule has 0 aliphatic rings. The number of hydrogen-bond acceptors (Lipinski definition) is 5. The Labute approximate surface area is 83.1 Å². The molecule has 0 saturated carbocycles. The fraction of sp³-hybridized carbons (Fsp3) is 0.286. The van der Waals surface area contributed by atoms with Crippen molar-refractivity contribution in [2.75, 3.05) is 5.43 Å². The molecule has 0 fully saturated rings. The monoisotopic (exact) mass is 210 g/mol. The Morgan fingerprint density at radius 2 is 2.20 bits per heavy atom. The van der Waals surface area contributed by atoms with Crippen molar-refractivity contribution in [3.8, 4) is 0 Å². The van der Waals surface area contributed by atoms with Crippen LogP contribution in [0.15, 0.2) is 9.59 Å². The van der Waals surface area contributed by atoms with Gasteiger partial charge in [0.2, 0.25) is 5.95 Å². The molecule has 0 atom stereocenters. The Morgan fingerprint density at radius 1 is 1.47 bits per heavy atom. The second kappa shape index (κ2) is 3.24. The summed E-state index contributed by atoms with van der Waals surface area (Å²) in [5.74, 6) is 5.39. The second-order valence-electron chi connectivity index (χ2n) is 2.93. The summed E-state index contributed by atoms with van der Waals surface area (Å²) in [7, 11) is 0. The molecule has 8 heteroatoms. The zero-order valence-electron chi connectivity index (χ0n) is 8.00. The molecule has 0 spiro atoms. The van der Waals surface area contributed by atoms with E-state index in [2.05, 4.69) is 20.4 Å². The van der Waals surface area contributed by atoms with Gasteiger partial charge in [-0.3, -0.25) is 19.8 Å². The van der Waals surface area contributed by atoms with Gasteiger partial charge in [-0.05, 0) is 6.92 Å². The van der Waals surface area contributed by atoms with Crippen LogP contribution in [0.5, 0.6) is 0 Å². The van der Waals surface area contributed by atoms with Crippen molar-refractivity contribution in [1.82, 2.24) is 19.5 Å². The summed E-state index contributed by atoms with van der Waals surface area (Å²) < 4.78 is 1.34. The van der Waals surface area contributed by atoms with Gasteiger partial charge in [0.15, 0.2) is 11.2 Å². The molecule has 0 bridgehead atoms. The maximum atomic E-state index is 11.4. The van der Waals surface area contributed by atoms with E-state index in [9.17, 15) is 9.59 Å². The molecule has 0 amide bonds. The number of aromatic amines is 2. The molecule has 0 saturated heterocycles. The number of nitrogens with two attached hydrogens (primary N) is 1. The highest BCUT2D eigenvalue weighted by molar-refractivity contribution is 5.72. The van der Waals surface area contributed by atoms with Crippen molar-refractivity contribution in [1.29, 1.82) is 0 Å². The molecule has 0 aliphatic heterocycles. The number of anilines is 1. The van der Waals surface area contributed by atoms with Gasteiger partial charge >= 0.3 is 5.69 Å². The zero-order chi connectivity index (χ0) is 11.0. The number of hydrogen-bond donors (Lipinski definition) is 4. The molecule has 0 aromatic carbocycles. The number of nitrogens with zero attached hydrogens (tertiary/aromatic N) is 2. The molecule has 2 heterocycles. The van der Waals surface area contributed by atoms with Crippen LogP contribution in [0.4, 0.5) is 5.95 Å². The van der Waals surface area contributed by atoms with Crippen molar-refractivity contribution < 1.29 is 0 Å². The average molecular weight is 210 g/mol. The Morgan fingerprint density at radius 3 is 2.80 bits per heavy atom. The van der Waals surface area contributed by atoms with Crippen LogP contribution in [0.3, 0.4) is 0 Å². The summed E-state index contributed by atoms with van der Waals surface area (Å²) in [6.07, 6.45) is 0. The standard InChI is InChI=1S/C7H10N6O2/c1-2-13-4-3(5(14)11-7(13)15)9-6(10-4)12-8/h2,8H2,1H3,(H2,9,10,12)(H,11,14,15). The molecule has 15 heavy (non-hydrogen) atoms. The predicted molar refractivity (Wildman–Crippen MR) is 54.5 cm³/mol. The first kappa shape index (κ1) is 9.46. The summed E-state index contributed by atoms with van der Waals surface area (Å²) >= 11 is 0. The molecule has 2 aromatic rings. The first-order valence-electron chi connectivity index (χ1n) is 4.36. The molecular formula is C7H10N6O2. The Hall–Kier alpha value is -2.09. The SMILES string of the molecule is CCn1c(=O)[nH]c(=O)c2[nH]c(NN)nc21. The van der Waals surface area contributed by atoms with E-state index < -0.39 is 11.2 Å². The first-order chi connectivity index (χ1) is 7.17. The Bertz CT molecular complexity index is 606. The van der Waals surface area contributed by atoms with E-state index in [4.69, 9.17) is 5.84 Å². The van der Waals surface area contributed by atoms with Gasteiger partial charge in [-0.25, -0.2) is 10.6 Å². The van der Waals surface area contributed by atoms with E-state index in [-0.39, 0.29) is 11.5 Å². The lowest BCUT2D eigenvalue weighted by molar-refractivity contribution is 0.720. The van der Waals surface area contributed by atoms with E-state index in [0.29, 0.717) is 12.2 Å². The second-order valence-corrected chi connectivity index (χ2v) is 2.93. The van der Waals surface area contributed by atoms with Gasteiger partial charge in [0.05, 0.1) is 0 Å². The van der Waals surface area contributed by atoms with Crippen LogP contribution in [0.2, 0.25) is 0 Å². The van der Waals surface area contributed by atoms with Crippen LogP contribution in [0.1, 0.15) is 6.92 Å². The van der Waals surface area contributed by atoms with E-state index in [1.807, 2.05) is 0 Å². The fourth-order valence-corrected chi connectivity index (χ4v) is 1.40. The summed E-state index contributed by atoms with van der Waals surface area (Å²) in [5.41, 5.74) is 1.81.